The van der Waals surface area contributed by atoms with E-state index in [0.717, 1.165) is 0 Å². The molecular weight excluding hydrogens is 514 g/mol. The normalized spacial score (nSPS) is 18.1. The Kier molecular flexibility index (Phi) is 6.70. The summed E-state index contributed by atoms with van der Waals surface area (Å²) in [6.07, 6.45) is 7.75. The highest BCUT2D eigenvalue weighted by Gasteiger charge is 2.36. The van der Waals surface area contributed by atoms with Gasteiger partial charge in [-0.15, -0.1) is 5.06 Å². The van der Waals surface area contributed by atoms with Gasteiger partial charge in [-0.3, -0.25) is 0 Å². The van der Waals surface area contributed by atoms with Gasteiger partial charge in [-0.25, -0.2) is 33.0 Å². The monoisotopic (exact) mass is 539 g/mol. The first kappa shape index (κ1) is 24.4. The molecule has 2 aliphatic rings. The molecule has 0 spiro atoms. The van der Waals surface area contributed by atoms with Gasteiger partial charge in [0, 0.05) is 76.9 Å². The molecule has 6 rings (SSSR count). The number of hydrogen-bond acceptors (Lipinski definition) is 13. The Morgan fingerprint density at radius 1 is 0.816 bits per heavy atom. The summed E-state index contributed by atoms with van der Waals surface area (Å²) in [5.74, 6) is 0. The van der Waals surface area contributed by atoms with Gasteiger partial charge in [0.15, 0.2) is 5.52 Å². The third-order valence-electron chi connectivity index (χ3n) is 6.51. The van der Waals surface area contributed by atoms with Crippen LogP contribution in [0, 0.1) is 0 Å². The number of anilines is 1. The van der Waals surface area contributed by atoms with Gasteiger partial charge in [0.25, 0.3) is 0 Å². The third kappa shape index (κ3) is 4.94. The molecule has 0 atom stereocenters. The van der Waals surface area contributed by atoms with E-state index in [-0.39, 0.29) is 35.6 Å². The Labute approximate surface area is 218 Å². The smallest absolute Gasteiger partial charge is 0.335 e. The van der Waals surface area contributed by atoms with Crippen molar-refractivity contribution in [2.24, 2.45) is 0 Å². The number of sulfonamides is 1. The Morgan fingerprint density at radius 2 is 1.47 bits per heavy atom. The number of piperazine rings is 1. The molecule has 38 heavy (non-hydrogen) atoms. The van der Waals surface area contributed by atoms with Gasteiger partial charge in [-0.05, 0) is 34.6 Å². The summed E-state index contributed by atoms with van der Waals surface area (Å²) in [6.45, 7) is 2.34. The Balaban J connectivity index is 1.20. The first-order valence-electron chi connectivity index (χ1n) is 12.2. The molecule has 14 nitrogen and oxygen atoms in total. The molecule has 2 aliphatic heterocycles. The van der Waals surface area contributed by atoms with Crippen LogP contribution in [-0.2, 0) is 10.0 Å². The number of benzene rings is 1. The number of nitrogens with zero attached hydrogens (tertiary/aromatic N) is 9. The lowest BCUT2D eigenvalue weighted by atomic mass is 10.1. The fraction of sp³-hybridized carbons (Fsp3) is 0.391. The lowest BCUT2D eigenvalue weighted by molar-refractivity contribution is -0.0851. The van der Waals surface area contributed by atoms with Crippen molar-refractivity contribution in [1.82, 2.24) is 39.6 Å². The minimum absolute atomic E-state index is 0.0622. The van der Waals surface area contributed by atoms with Gasteiger partial charge in [-0.1, -0.05) is 0 Å². The van der Waals surface area contributed by atoms with Crippen LogP contribution in [-0.4, -0.2) is 93.4 Å². The summed E-state index contributed by atoms with van der Waals surface area (Å²) < 4.78 is 40.3. The maximum absolute atomic E-state index is 14.0. The van der Waals surface area contributed by atoms with Crippen molar-refractivity contribution < 1.29 is 22.6 Å². The zero-order chi connectivity index (χ0) is 26.0. The first-order valence-corrected chi connectivity index (χ1v) is 13.7. The number of ether oxygens (including phenoxy) is 1. The summed E-state index contributed by atoms with van der Waals surface area (Å²) in [4.78, 5) is 24.2. The maximum Gasteiger partial charge on any atom is 0.335 e. The van der Waals surface area contributed by atoms with Gasteiger partial charge >= 0.3 is 12.0 Å². The van der Waals surface area contributed by atoms with Crippen LogP contribution in [0.25, 0.3) is 11.0 Å². The predicted octanol–water partition coefficient (Wildman–Crippen LogP) is 1.15. The van der Waals surface area contributed by atoms with Crippen LogP contribution in [0.2, 0.25) is 0 Å². The molecular formula is C23H25N9O5S. The molecule has 15 heteroatoms. The first-order chi connectivity index (χ1) is 18.6. The van der Waals surface area contributed by atoms with E-state index >= 15 is 0 Å². The molecule has 0 radical (unpaired) electrons. The van der Waals surface area contributed by atoms with E-state index in [1.165, 1.54) is 4.31 Å². The highest BCUT2D eigenvalue weighted by molar-refractivity contribution is 7.89. The largest absolute Gasteiger partial charge is 0.460 e. The van der Waals surface area contributed by atoms with Crippen molar-refractivity contribution in [2.45, 2.75) is 23.8 Å². The average molecular weight is 540 g/mol. The van der Waals surface area contributed by atoms with E-state index < -0.39 is 10.0 Å². The molecule has 0 bridgehead atoms. The van der Waals surface area contributed by atoms with Crippen molar-refractivity contribution in [1.29, 1.82) is 0 Å². The van der Waals surface area contributed by atoms with Crippen LogP contribution in [0.1, 0.15) is 12.8 Å². The van der Waals surface area contributed by atoms with E-state index in [4.69, 9.17) is 14.2 Å². The summed E-state index contributed by atoms with van der Waals surface area (Å²) in [5, 5.41) is 9.50. The van der Waals surface area contributed by atoms with Crippen molar-refractivity contribution >= 4 is 26.7 Å². The Hall–Kier alpha value is -3.95. The molecule has 0 aliphatic carbocycles. The summed E-state index contributed by atoms with van der Waals surface area (Å²) >= 11 is 0. The highest BCUT2D eigenvalue weighted by Crippen LogP contribution is 2.35. The molecule has 2 fully saturated rings. The fourth-order valence-electron chi connectivity index (χ4n) is 4.61. The molecule has 3 aromatic heterocycles. The predicted molar refractivity (Wildman–Crippen MR) is 133 cm³/mol. The molecule has 0 unspecified atom stereocenters. The Morgan fingerprint density at radius 3 is 2.16 bits per heavy atom. The number of hydroxylamine groups is 2. The molecule has 198 valence electrons. The van der Waals surface area contributed by atoms with Crippen LogP contribution < -0.4 is 14.5 Å². The second-order valence-corrected chi connectivity index (χ2v) is 10.7. The van der Waals surface area contributed by atoms with Gasteiger partial charge in [-0.2, -0.15) is 4.31 Å². The maximum atomic E-state index is 14.0. The molecule has 1 aromatic carbocycles. The molecule has 0 N–H and O–H groups in total. The lowest BCUT2D eigenvalue weighted by Gasteiger charge is -2.36. The standard InChI is InChI=1S/C23H25N9O5S/c33-38(34,32-15-13-31(14-16-32)36-23-26-9-2-10-27-23)21-19(4-3-18-20(21)29-37-28-18)30-11-5-17(6-12-30)35-22-24-7-1-8-25-22/h1-4,7-10,17H,5-6,11-16H2. The lowest BCUT2D eigenvalue weighted by Crippen LogP contribution is -2.50. The van der Waals surface area contributed by atoms with E-state index in [0.29, 0.717) is 56.2 Å². The zero-order valence-corrected chi connectivity index (χ0v) is 21.1. The van der Waals surface area contributed by atoms with Crippen LogP contribution >= 0.6 is 0 Å². The SMILES string of the molecule is O=S(=O)(c1c(N2CCC(Oc3ncccn3)CC2)ccc2nonc12)N1CCN(Oc2ncccn2)CC1. The third-order valence-corrected chi connectivity index (χ3v) is 8.47. The molecule has 0 amide bonds. The van der Waals surface area contributed by atoms with Crippen molar-refractivity contribution in [2.75, 3.05) is 44.2 Å². The number of aromatic nitrogens is 6. The molecule has 5 heterocycles. The summed E-state index contributed by atoms with van der Waals surface area (Å²) in [7, 11) is -3.93. The number of piperidine rings is 1. The quantitative estimate of drug-likeness (QED) is 0.330. The molecule has 2 saturated heterocycles. The van der Waals surface area contributed by atoms with E-state index in [9.17, 15) is 8.42 Å². The number of rotatable bonds is 7. The summed E-state index contributed by atoms with van der Waals surface area (Å²) in [5.41, 5.74) is 1.17. The van der Waals surface area contributed by atoms with Crippen molar-refractivity contribution in [3.05, 3.63) is 49.1 Å². The zero-order valence-electron chi connectivity index (χ0n) is 20.3. The molecule has 0 saturated carbocycles. The average Bonchev–Trinajstić information content (AvgIpc) is 3.43. The van der Waals surface area contributed by atoms with Gasteiger partial charge in [0.2, 0.25) is 10.0 Å². The van der Waals surface area contributed by atoms with Crippen LogP contribution in [0.3, 0.4) is 0 Å². The Bertz CT molecular complexity index is 1470. The van der Waals surface area contributed by atoms with Crippen LogP contribution in [0.4, 0.5) is 5.69 Å². The number of fused-ring (bicyclic) bond motifs is 1. The highest BCUT2D eigenvalue weighted by atomic mass is 32.2. The van der Waals surface area contributed by atoms with Crippen molar-refractivity contribution in [3.63, 3.8) is 0 Å². The minimum Gasteiger partial charge on any atom is -0.460 e. The van der Waals surface area contributed by atoms with E-state index in [1.54, 1.807) is 54.1 Å². The summed E-state index contributed by atoms with van der Waals surface area (Å²) in [6, 6.07) is 7.49. The van der Waals surface area contributed by atoms with Crippen LogP contribution in [0.15, 0.2) is 58.6 Å². The minimum atomic E-state index is -3.93. The van der Waals surface area contributed by atoms with Gasteiger partial charge in [0.05, 0.1) is 5.69 Å². The second kappa shape index (κ2) is 10.4. The van der Waals surface area contributed by atoms with Crippen molar-refractivity contribution in [3.8, 4) is 12.0 Å². The topological polar surface area (TPSA) is 153 Å². The van der Waals surface area contributed by atoms with E-state index in [1.807, 2.05) is 4.90 Å². The van der Waals surface area contributed by atoms with Gasteiger partial charge < -0.3 is 14.5 Å². The van der Waals surface area contributed by atoms with E-state index in [2.05, 4.69) is 30.2 Å². The second-order valence-electron chi connectivity index (χ2n) is 8.84. The van der Waals surface area contributed by atoms with Gasteiger partial charge in [0.1, 0.15) is 16.5 Å². The molecule has 4 aromatic rings. The fourth-order valence-corrected chi connectivity index (χ4v) is 6.36. The number of hydrogen-bond donors (Lipinski definition) is 0. The van der Waals surface area contributed by atoms with Crippen LogP contribution in [0.5, 0.6) is 12.0 Å².